The fraction of sp³-hybridized carbons (Fsp3) is 0.207. The molecule has 182 valence electrons. The summed E-state index contributed by atoms with van der Waals surface area (Å²) >= 11 is 1.26. The van der Waals surface area contributed by atoms with E-state index in [4.69, 9.17) is 9.72 Å². The maximum absolute atomic E-state index is 13.5. The summed E-state index contributed by atoms with van der Waals surface area (Å²) in [5.74, 6) is 0.746. The predicted molar refractivity (Wildman–Crippen MR) is 146 cm³/mol. The van der Waals surface area contributed by atoms with Crippen LogP contribution in [0, 0.1) is 0 Å². The Labute approximate surface area is 214 Å². The molecule has 0 spiro atoms. The molecule has 0 bridgehead atoms. The Balaban J connectivity index is 1.50. The van der Waals surface area contributed by atoms with Crippen molar-refractivity contribution in [3.8, 4) is 11.4 Å². The minimum Gasteiger partial charge on any atom is -0.497 e. The molecule has 0 atom stereocenters. The van der Waals surface area contributed by atoms with Gasteiger partial charge in [-0.25, -0.2) is 4.98 Å². The summed E-state index contributed by atoms with van der Waals surface area (Å²) in [5.41, 5.74) is 4.02. The highest BCUT2D eigenvalue weighted by Crippen LogP contribution is 2.46. The Bertz CT molecular complexity index is 1570. The molecule has 0 N–H and O–H groups in total. The fourth-order valence-electron chi connectivity index (χ4n) is 4.78. The minimum absolute atomic E-state index is 0.0395. The zero-order valence-electron chi connectivity index (χ0n) is 20.7. The molecule has 2 heterocycles. The summed E-state index contributed by atoms with van der Waals surface area (Å²) in [4.78, 5) is 33.5. The molecule has 36 heavy (non-hydrogen) atoms. The number of hydrogen-bond donors (Lipinski definition) is 0. The summed E-state index contributed by atoms with van der Waals surface area (Å²) in [7, 11) is 3.58. The number of allylic oxidation sites excluding steroid dienone is 2. The van der Waals surface area contributed by atoms with Gasteiger partial charge in [-0.3, -0.25) is 14.2 Å². The summed E-state index contributed by atoms with van der Waals surface area (Å²) in [5, 5.41) is 0.978. The number of carbonyl (C=O) groups is 1. The van der Waals surface area contributed by atoms with E-state index in [1.54, 1.807) is 29.9 Å². The standard InChI is InChI=1S/C29H27N3O3S/c1-29(2)23-13-6-8-15-25(23)31(3)26(29)17-20(33)18-36-28-30-24-14-7-5-12-22(24)27(34)32(28)19-10-9-11-21(16-19)35-4/h5-17H,18H2,1-4H3/b26-17+. The lowest BCUT2D eigenvalue weighted by Gasteiger charge is -2.24. The molecule has 5 rings (SSSR count). The number of ketones is 1. The second kappa shape index (κ2) is 9.32. The highest BCUT2D eigenvalue weighted by molar-refractivity contribution is 7.99. The third-order valence-corrected chi connectivity index (χ3v) is 7.60. The summed E-state index contributed by atoms with van der Waals surface area (Å²) < 4.78 is 6.92. The number of aromatic nitrogens is 2. The molecule has 0 amide bonds. The number of methoxy groups -OCH3 is 1. The van der Waals surface area contributed by atoms with Crippen molar-refractivity contribution < 1.29 is 9.53 Å². The molecular weight excluding hydrogens is 470 g/mol. The Hall–Kier alpha value is -3.84. The van der Waals surface area contributed by atoms with Gasteiger partial charge in [0, 0.05) is 36.0 Å². The van der Waals surface area contributed by atoms with Crippen molar-refractivity contribution in [1.82, 2.24) is 9.55 Å². The van der Waals surface area contributed by atoms with Gasteiger partial charge in [0.2, 0.25) is 0 Å². The van der Waals surface area contributed by atoms with Crippen LogP contribution in [-0.4, -0.2) is 35.2 Å². The number of para-hydroxylation sites is 2. The average Bonchev–Trinajstić information content (AvgIpc) is 3.08. The number of benzene rings is 3. The quantitative estimate of drug-likeness (QED) is 0.203. The van der Waals surface area contributed by atoms with E-state index in [9.17, 15) is 9.59 Å². The number of nitrogens with zero attached hydrogens (tertiary/aromatic N) is 3. The normalized spacial score (nSPS) is 15.3. The van der Waals surface area contributed by atoms with Gasteiger partial charge in [-0.2, -0.15) is 0 Å². The van der Waals surface area contributed by atoms with E-state index >= 15 is 0 Å². The van der Waals surface area contributed by atoms with Gasteiger partial charge in [0.1, 0.15) is 5.75 Å². The van der Waals surface area contributed by atoms with Gasteiger partial charge in [0.15, 0.2) is 10.9 Å². The van der Waals surface area contributed by atoms with Gasteiger partial charge in [-0.1, -0.05) is 62.0 Å². The van der Waals surface area contributed by atoms with Gasteiger partial charge >= 0.3 is 0 Å². The maximum Gasteiger partial charge on any atom is 0.266 e. The number of likely N-dealkylation sites (N-methyl/N-ethyl adjacent to an activating group) is 1. The predicted octanol–water partition coefficient (Wildman–Crippen LogP) is 5.37. The molecule has 1 aliphatic heterocycles. The number of hydrogen-bond acceptors (Lipinski definition) is 6. The molecule has 0 saturated carbocycles. The van der Waals surface area contributed by atoms with Crippen LogP contribution in [0.15, 0.2) is 94.5 Å². The third kappa shape index (κ3) is 4.09. The van der Waals surface area contributed by atoms with Crippen LogP contribution in [0.5, 0.6) is 5.75 Å². The molecule has 7 heteroatoms. The first-order valence-electron chi connectivity index (χ1n) is 11.7. The lowest BCUT2D eigenvalue weighted by Crippen LogP contribution is -2.24. The number of rotatable bonds is 6. The number of carbonyl (C=O) groups excluding carboxylic acids is 1. The van der Waals surface area contributed by atoms with Crippen LogP contribution in [0.25, 0.3) is 16.6 Å². The minimum atomic E-state index is -0.282. The molecule has 0 radical (unpaired) electrons. The average molecular weight is 498 g/mol. The lowest BCUT2D eigenvalue weighted by molar-refractivity contribution is -0.112. The van der Waals surface area contributed by atoms with E-state index in [-0.39, 0.29) is 22.5 Å². The Kier molecular flexibility index (Phi) is 6.18. The molecule has 1 aliphatic rings. The van der Waals surface area contributed by atoms with Gasteiger partial charge in [-0.15, -0.1) is 0 Å². The number of thioether (sulfide) groups is 1. The van der Waals surface area contributed by atoms with Crippen molar-refractivity contribution in [3.05, 3.63) is 100 Å². The smallest absolute Gasteiger partial charge is 0.266 e. The Morgan fingerprint density at radius 2 is 1.81 bits per heavy atom. The number of ether oxygens (including phenoxy) is 1. The second-order valence-electron chi connectivity index (χ2n) is 9.24. The van der Waals surface area contributed by atoms with Crippen LogP contribution >= 0.6 is 11.8 Å². The molecular formula is C29H27N3O3S. The lowest BCUT2D eigenvalue weighted by atomic mass is 9.83. The Morgan fingerprint density at radius 1 is 1.06 bits per heavy atom. The molecule has 0 saturated heterocycles. The molecule has 1 aromatic heterocycles. The van der Waals surface area contributed by atoms with Crippen LogP contribution in [0.2, 0.25) is 0 Å². The maximum atomic E-state index is 13.5. The van der Waals surface area contributed by atoms with Gasteiger partial charge < -0.3 is 9.64 Å². The van der Waals surface area contributed by atoms with E-state index in [0.717, 1.165) is 11.4 Å². The molecule has 4 aromatic rings. The van der Waals surface area contributed by atoms with E-state index < -0.39 is 0 Å². The van der Waals surface area contributed by atoms with Crippen molar-refractivity contribution in [2.45, 2.75) is 24.4 Å². The van der Waals surface area contributed by atoms with Crippen molar-refractivity contribution >= 4 is 34.1 Å². The summed E-state index contributed by atoms with van der Waals surface area (Å²) in [6, 6.07) is 22.7. The van der Waals surface area contributed by atoms with E-state index in [1.807, 2.05) is 55.6 Å². The van der Waals surface area contributed by atoms with Crippen LogP contribution < -0.4 is 15.2 Å². The van der Waals surface area contributed by atoms with E-state index in [1.165, 1.54) is 17.3 Å². The second-order valence-corrected chi connectivity index (χ2v) is 10.2. The van der Waals surface area contributed by atoms with Gasteiger partial charge in [0.25, 0.3) is 5.56 Å². The first-order chi connectivity index (χ1) is 17.3. The third-order valence-electron chi connectivity index (χ3n) is 6.64. The monoisotopic (exact) mass is 497 g/mol. The van der Waals surface area contributed by atoms with Crippen molar-refractivity contribution in [3.63, 3.8) is 0 Å². The summed E-state index contributed by atoms with van der Waals surface area (Å²) in [6.45, 7) is 4.26. The summed E-state index contributed by atoms with van der Waals surface area (Å²) in [6.07, 6.45) is 1.72. The highest BCUT2D eigenvalue weighted by Gasteiger charge is 2.38. The van der Waals surface area contributed by atoms with Crippen LogP contribution in [0.4, 0.5) is 5.69 Å². The SMILES string of the molecule is COc1cccc(-n2c(SCC(=O)/C=C3/N(C)c4ccccc4C3(C)C)nc3ccccc3c2=O)c1. The van der Waals surface area contributed by atoms with E-state index in [0.29, 0.717) is 27.5 Å². The largest absolute Gasteiger partial charge is 0.497 e. The molecule has 0 unspecified atom stereocenters. The van der Waals surface area contributed by atoms with Crippen LogP contribution in [0.1, 0.15) is 19.4 Å². The molecule has 0 aliphatic carbocycles. The zero-order valence-corrected chi connectivity index (χ0v) is 21.5. The highest BCUT2D eigenvalue weighted by atomic mass is 32.2. The van der Waals surface area contributed by atoms with Crippen molar-refractivity contribution in [1.29, 1.82) is 0 Å². The first kappa shape index (κ1) is 23.9. The Morgan fingerprint density at radius 3 is 2.58 bits per heavy atom. The van der Waals surface area contributed by atoms with Crippen molar-refractivity contribution in [2.24, 2.45) is 0 Å². The molecule has 0 fully saturated rings. The van der Waals surface area contributed by atoms with Crippen LogP contribution in [0.3, 0.4) is 0 Å². The van der Waals surface area contributed by atoms with E-state index in [2.05, 4.69) is 30.9 Å². The molecule has 6 nitrogen and oxygen atoms in total. The van der Waals surface area contributed by atoms with Crippen molar-refractivity contribution in [2.75, 3.05) is 24.8 Å². The first-order valence-corrected chi connectivity index (χ1v) is 12.7. The fourth-order valence-corrected chi connectivity index (χ4v) is 5.61. The van der Waals surface area contributed by atoms with Gasteiger partial charge in [-0.05, 0) is 35.9 Å². The van der Waals surface area contributed by atoms with Gasteiger partial charge in [0.05, 0.1) is 29.5 Å². The number of anilines is 1. The topological polar surface area (TPSA) is 64.4 Å². The number of fused-ring (bicyclic) bond motifs is 2. The molecule has 3 aromatic carbocycles. The zero-order chi connectivity index (χ0) is 25.4. The van der Waals surface area contributed by atoms with Crippen LogP contribution in [-0.2, 0) is 10.2 Å².